The van der Waals surface area contributed by atoms with Crippen molar-refractivity contribution < 1.29 is 35.1 Å². The van der Waals surface area contributed by atoms with Crippen LogP contribution < -0.4 is 0 Å². The average Bonchev–Trinajstić information content (AvgIpc) is 2.00. The standard InChI is InChI=1S/C5H6F6.C4H8F2/c1-3(6,4(2,7)8)5(9,10)11;1-3-4(2,5)6/h1-2H3;3H2,1-2H3. The number of hydrogen-bond donors (Lipinski definition) is 0. The van der Waals surface area contributed by atoms with Crippen molar-refractivity contribution >= 4 is 0 Å². The summed E-state index contributed by atoms with van der Waals surface area (Å²) in [6.07, 6.45) is -5.60. The van der Waals surface area contributed by atoms with Crippen LogP contribution in [0.25, 0.3) is 0 Å². The molecule has 0 amide bonds. The van der Waals surface area contributed by atoms with Gasteiger partial charge in [0.15, 0.2) is 0 Å². The first kappa shape index (κ1) is 18.8. The van der Waals surface area contributed by atoms with Gasteiger partial charge in [-0.05, 0) is 13.8 Å². The first-order valence-corrected chi connectivity index (χ1v) is 4.57. The number of hydrogen-bond acceptors (Lipinski definition) is 0. The van der Waals surface area contributed by atoms with E-state index in [1.807, 2.05) is 0 Å². The molecular weight excluding hydrogens is 260 g/mol. The normalized spacial score (nSPS) is 16.9. The smallest absolute Gasteiger partial charge is 0.227 e. The van der Waals surface area contributed by atoms with Crippen molar-refractivity contribution in [2.24, 2.45) is 0 Å². The van der Waals surface area contributed by atoms with Crippen LogP contribution in [0.3, 0.4) is 0 Å². The van der Waals surface area contributed by atoms with Gasteiger partial charge in [-0.3, -0.25) is 0 Å². The Morgan fingerprint density at radius 1 is 0.706 bits per heavy atom. The molecule has 17 heavy (non-hydrogen) atoms. The highest BCUT2D eigenvalue weighted by Gasteiger charge is 2.65. The van der Waals surface area contributed by atoms with Gasteiger partial charge in [0.25, 0.3) is 11.6 Å². The van der Waals surface area contributed by atoms with E-state index in [9.17, 15) is 35.1 Å². The lowest BCUT2D eigenvalue weighted by molar-refractivity contribution is -0.289. The molecule has 0 heterocycles. The molecule has 8 heteroatoms. The Morgan fingerprint density at radius 3 is 0.941 bits per heavy atom. The monoisotopic (exact) mass is 274 g/mol. The maximum atomic E-state index is 12.2. The van der Waals surface area contributed by atoms with E-state index in [1.54, 1.807) is 0 Å². The van der Waals surface area contributed by atoms with Crippen molar-refractivity contribution in [2.45, 2.75) is 57.8 Å². The molecule has 0 aromatic rings. The lowest BCUT2D eigenvalue weighted by Crippen LogP contribution is -2.51. The summed E-state index contributed by atoms with van der Waals surface area (Å²) in [5, 5.41) is 0. The highest BCUT2D eigenvalue weighted by Crippen LogP contribution is 2.44. The number of alkyl halides is 8. The zero-order valence-electron chi connectivity index (χ0n) is 9.73. The molecule has 1 unspecified atom stereocenters. The van der Waals surface area contributed by atoms with Gasteiger partial charge in [-0.15, -0.1) is 0 Å². The van der Waals surface area contributed by atoms with Crippen LogP contribution in [-0.4, -0.2) is 23.7 Å². The fraction of sp³-hybridized carbons (Fsp3) is 1.00. The molecule has 0 aliphatic heterocycles. The van der Waals surface area contributed by atoms with Crippen LogP contribution >= 0.6 is 0 Å². The molecule has 0 aliphatic carbocycles. The summed E-state index contributed by atoms with van der Waals surface area (Å²) < 4.78 is 93.4. The Hall–Kier alpha value is -0.560. The molecule has 0 aromatic heterocycles. The van der Waals surface area contributed by atoms with Crippen LogP contribution in [0.15, 0.2) is 0 Å². The van der Waals surface area contributed by atoms with Gasteiger partial charge in [0.1, 0.15) is 0 Å². The Balaban J connectivity index is 0. The van der Waals surface area contributed by atoms with Crippen molar-refractivity contribution in [1.82, 2.24) is 0 Å². The molecule has 106 valence electrons. The van der Waals surface area contributed by atoms with Crippen molar-refractivity contribution in [3.05, 3.63) is 0 Å². The lowest BCUT2D eigenvalue weighted by atomic mass is 10.0. The van der Waals surface area contributed by atoms with Gasteiger partial charge in [0, 0.05) is 13.3 Å². The molecule has 0 saturated carbocycles. The van der Waals surface area contributed by atoms with Crippen molar-refractivity contribution in [2.75, 3.05) is 0 Å². The van der Waals surface area contributed by atoms with Crippen molar-refractivity contribution in [1.29, 1.82) is 0 Å². The quantitative estimate of drug-likeness (QED) is 0.623. The topological polar surface area (TPSA) is 0 Å². The summed E-state index contributed by atoms with van der Waals surface area (Å²) >= 11 is 0. The van der Waals surface area contributed by atoms with Gasteiger partial charge >= 0.3 is 6.18 Å². The van der Waals surface area contributed by atoms with Crippen LogP contribution in [-0.2, 0) is 0 Å². The molecule has 0 aromatic carbocycles. The first-order chi connectivity index (χ1) is 7.06. The van der Waals surface area contributed by atoms with E-state index in [0.717, 1.165) is 6.92 Å². The largest absolute Gasteiger partial charge is 0.428 e. The molecule has 0 nitrogen and oxygen atoms in total. The maximum Gasteiger partial charge on any atom is 0.428 e. The predicted molar refractivity (Wildman–Crippen MR) is 47.1 cm³/mol. The van der Waals surface area contributed by atoms with E-state index in [2.05, 4.69) is 0 Å². The van der Waals surface area contributed by atoms with E-state index in [1.165, 1.54) is 6.92 Å². The van der Waals surface area contributed by atoms with Gasteiger partial charge in [-0.2, -0.15) is 13.2 Å². The van der Waals surface area contributed by atoms with E-state index in [-0.39, 0.29) is 20.3 Å². The molecule has 0 saturated heterocycles. The summed E-state index contributed by atoms with van der Waals surface area (Å²) in [5.41, 5.74) is -4.46. The number of rotatable bonds is 2. The minimum absolute atomic E-state index is 0.0625. The lowest BCUT2D eigenvalue weighted by Gasteiger charge is -2.28. The van der Waals surface area contributed by atoms with Gasteiger partial charge in [0.05, 0.1) is 0 Å². The van der Waals surface area contributed by atoms with Crippen molar-refractivity contribution in [3.8, 4) is 0 Å². The van der Waals surface area contributed by atoms with Crippen LogP contribution in [0.1, 0.15) is 34.1 Å². The van der Waals surface area contributed by atoms with E-state index >= 15 is 0 Å². The van der Waals surface area contributed by atoms with Crippen LogP contribution in [0.5, 0.6) is 0 Å². The minimum Gasteiger partial charge on any atom is -0.227 e. The minimum atomic E-state index is -5.54. The fourth-order valence-electron chi connectivity index (χ4n) is 0.249. The summed E-state index contributed by atoms with van der Waals surface area (Å²) in [4.78, 5) is 0. The highest BCUT2D eigenvalue weighted by molar-refractivity contribution is 4.92. The summed E-state index contributed by atoms with van der Waals surface area (Å²) in [7, 11) is 0. The predicted octanol–water partition coefficient (Wildman–Crippen LogP) is 4.98. The third kappa shape index (κ3) is 6.68. The summed E-state index contributed by atoms with van der Waals surface area (Å²) in [6, 6.07) is 0. The molecule has 0 rings (SSSR count). The second kappa shape index (κ2) is 5.39. The third-order valence-electron chi connectivity index (χ3n) is 1.98. The van der Waals surface area contributed by atoms with Crippen LogP contribution in [0, 0.1) is 0 Å². The Bertz CT molecular complexity index is 201. The molecule has 0 bridgehead atoms. The molecule has 0 fully saturated rings. The molecular formula is C9H14F8. The second-order valence-electron chi connectivity index (χ2n) is 3.81. The fourth-order valence-corrected chi connectivity index (χ4v) is 0.249. The Labute approximate surface area is 94.0 Å². The van der Waals surface area contributed by atoms with Gasteiger partial charge in [-0.25, -0.2) is 22.0 Å². The zero-order chi connectivity index (χ0) is 14.7. The first-order valence-electron chi connectivity index (χ1n) is 4.57. The third-order valence-corrected chi connectivity index (χ3v) is 1.98. The van der Waals surface area contributed by atoms with Gasteiger partial charge in [0.2, 0.25) is 5.92 Å². The SMILES string of the molecule is CC(F)(F)C(C)(F)C(F)(F)F.CCC(C)(F)F. The van der Waals surface area contributed by atoms with Gasteiger partial charge in [-0.1, -0.05) is 6.92 Å². The number of halogens is 8. The van der Waals surface area contributed by atoms with E-state index < -0.39 is 23.7 Å². The highest BCUT2D eigenvalue weighted by atomic mass is 19.4. The Morgan fingerprint density at radius 2 is 0.941 bits per heavy atom. The zero-order valence-corrected chi connectivity index (χ0v) is 9.73. The Kier molecular flexibility index (Phi) is 5.96. The summed E-state index contributed by atoms with van der Waals surface area (Å²) in [5.74, 6) is -6.87. The average molecular weight is 274 g/mol. The molecule has 0 N–H and O–H groups in total. The summed E-state index contributed by atoms with van der Waals surface area (Å²) in [6.45, 7) is 2.07. The molecule has 0 spiro atoms. The molecule has 0 aliphatic rings. The van der Waals surface area contributed by atoms with Crippen LogP contribution in [0.4, 0.5) is 35.1 Å². The molecule has 0 radical (unpaired) electrons. The van der Waals surface area contributed by atoms with Crippen LogP contribution in [0.2, 0.25) is 0 Å². The second-order valence-corrected chi connectivity index (χ2v) is 3.81. The maximum absolute atomic E-state index is 12.2. The van der Waals surface area contributed by atoms with Gasteiger partial charge < -0.3 is 0 Å². The van der Waals surface area contributed by atoms with Crippen molar-refractivity contribution in [3.63, 3.8) is 0 Å². The molecule has 1 atom stereocenters. The van der Waals surface area contributed by atoms with E-state index in [4.69, 9.17) is 0 Å². The van der Waals surface area contributed by atoms with E-state index in [0.29, 0.717) is 0 Å².